The third-order valence-corrected chi connectivity index (χ3v) is 6.97. The molecule has 2 aromatic rings. The summed E-state index contributed by atoms with van der Waals surface area (Å²) in [6.07, 6.45) is 2.27. The molecule has 1 fully saturated rings. The fraction of sp³-hybridized carbons (Fsp3) is 0.391. The Morgan fingerprint density at radius 1 is 1.03 bits per heavy atom. The maximum absolute atomic E-state index is 13.2. The van der Waals surface area contributed by atoms with Crippen LogP contribution >= 0.6 is 0 Å². The summed E-state index contributed by atoms with van der Waals surface area (Å²) < 4.78 is 29.1. The Kier molecular flexibility index (Phi) is 5.61. The third kappa shape index (κ3) is 4.09. The van der Waals surface area contributed by atoms with Gasteiger partial charge in [0.15, 0.2) is 9.84 Å². The predicted molar refractivity (Wildman–Crippen MR) is 119 cm³/mol. The van der Waals surface area contributed by atoms with Crippen molar-refractivity contribution in [1.29, 1.82) is 0 Å². The molecule has 4 rings (SSSR count). The lowest BCUT2D eigenvalue weighted by Gasteiger charge is -2.41. The van der Waals surface area contributed by atoms with Gasteiger partial charge in [0.1, 0.15) is 6.10 Å². The SMILES string of the molecule is CC(=O)N1c2ccc(-c3ccc(S(C)(=O)=O)cc3)cc2N(C(=O)C2CCCO2)CC1C. The molecular formula is C23H26N2O5S. The van der Waals surface area contributed by atoms with Crippen molar-refractivity contribution in [3.63, 3.8) is 0 Å². The summed E-state index contributed by atoms with van der Waals surface area (Å²) in [5, 5.41) is 0. The minimum Gasteiger partial charge on any atom is -0.368 e. The number of anilines is 2. The summed E-state index contributed by atoms with van der Waals surface area (Å²) >= 11 is 0. The highest BCUT2D eigenvalue weighted by Crippen LogP contribution is 2.39. The number of carbonyl (C=O) groups excluding carboxylic acids is 2. The summed E-state index contributed by atoms with van der Waals surface area (Å²) in [5.74, 6) is -0.165. The first kappa shape index (κ1) is 21.5. The fourth-order valence-electron chi connectivity index (χ4n) is 4.33. The Morgan fingerprint density at radius 2 is 1.71 bits per heavy atom. The van der Waals surface area contributed by atoms with Crippen LogP contribution in [-0.4, -0.2) is 51.8 Å². The summed E-state index contributed by atoms with van der Waals surface area (Å²) in [4.78, 5) is 29.2. The van der Waals surface area contributed by atoms with Gasteiger partial charge in [0, 0.05) is 26.3 Å². The van der Waals surface area contributed by atoms with Crippen LogP contribution in [0.4, 0.5) is 11.4 Å². The number of nitrogens with zero attached hydrogens (tertiary/aromatic N) is 2. The minimum atomic E-state index is -3.28. The molecule has 2 aromatic carbocycles. The molecule has 0 bridgehead atoms. The molecule has 8 heteroatoms. The van der Waals surface area contributed by atoms with Gasteiger partial charge in [0.2, 0.25) is 5.91 Å². The van der Waals surface area contributed by atoms with Crippen molar-refractivity contribution in [2.24, 2.45) is 0 Å². The molecule has 0 radical (unpaired) electrons. The van der Waals surface area contributed by atoms with Crippen molar-refractivity contribution in [2.75, 3.05) is 29.2 Å². The number of amides is 2. The van der Waals surface area contributed by atoms with E-state index in [0.29, 0.717) is 30.9 Å². The summed E-state index contributed by atoms with van der Waals surface area (Å²) in [5.41, 5.74) is 3.02. The van der Waals surface area contributed by atoms with Crippen LogP contribution < -0.4 is 9.80 Å². The highest BCUT2D eigenvalue weighted by molar-refractivity contribution is 7.90. The van der Waals surface area contributed by atoms with Gasteiger partial charge in [-0.1, -0.05) is 18.2 Å². The lowest BCUT2D eigenvalue weighted by molar-refractivity contribution is -0.127. The Labute approximate surface area is 182 Å². The molecule has 7 nitrogen and oxygen atoms in total. The minimum absolute atomic E-state index is 0.0804. The van der Waals surface area contributed by atoms with Crippen LogP contribution in [0.25, 0.3) is 11.1 Å². The van der Waals surface area contributed by atoms with Gasteiger partial charge in [-0.15, -0.1) is 0 Å². The van der Waals surface area contributed by atoms with E-state index in [1.54, 1.807) is 34.1 Å². The van der Waals surface area contributed by atoms with E-state index in [9.17, 15) is 18.0 Å². The van der Waals surface area contributed by atoms with E-state index in [1.165, 1.54) is 13.2 Å². The van der Waals surface area contributed by atoms with Crippen LogP contribution in [0.1, 0.15) is 26.7 Å². The molecule has 2 unspecified atom stereocenters. The first-order valence-electron chi connectivity index (χ1n) is 10.3. The smallest absolute Gasteiger partial charge is 0.256 e. The van der Waals surface area contributed by atoms with Gasteiger partial charge in [-0.25, -0.2) is 8.42 Å². The highest BCUT2D eigenvalue weighted by Gasteiger charge is 2.37. The average Bonchev–Trinajstić information content (AvgIpc) is 3.26. The molecule has 164 valence electrons. The zero-order valence-electron chi connectivity index (χ0n) is 17.9. The van der Waals surface area contributed by atoms with Crippen LogP contribution in [0.3, 0.4) is 0 Å². The van der Waals surface area contributed by atoms with E-state index in [1.807, 2.05) is 25.1 Å². The van der Waals surface area contributed by atoms with Crippen LogP contribution in [-0.2, 0) is 24.2 Å². The standard InChI is InChI=1S/C23H26N2O5S/c1-15-14-24(23(27)22-5-4-12-30-22)21-13-18(8-11-20(21)25(15)16(2)26)17-6-9-19(10-7-17)31(3,28)29/h6-11,13,15,22H,4-5,12,14H2,1-3H3. The first-order chi connectivity index (χ1) is 14.7. The monoisotopic (exact) mass is 442 g/mol. The number of hydrogen-bond donors (Lipinski definition) is 0. The second-order valence-corrected chi connectivity index (χ2v) is 10.2. The molecule has 2 aliphatic heterocycles. The number of hydrogen-bond acceptors (Lipinski definition) is 5. The van der Waals surface area contributed by atoms with Crippen LogP contribution in [0.2, 0.25) is 0 Å². The van der Waals surface area contributed by atoms with Gasteiger partial charge < -0.3 is 14.5 Å². The maximum atomic E-state index is 13.2. The van der Waals surface area contributed by atoms with Crippen LogP contribution in [0.15, 0.2) is 47.4 Å². The Bertz CT molecular complexity index is 1120. The summed E-state index contributed by atoms with van der Waals surface area (Å²) in [6, 6.07) is 12.1. The topological polar surface area (TPSA) is 84.0 Å². The van der Waals surface area contributed by atoms with Gasteiger partial charge in [0.25, 0.3) is 5.91 Å². The van der Waals surface area contributed by atoms with Crippen molar-refractivity contribution in [3.8, 4) is 11.1 Å². The number of rotatable bonds is 3. The number of carbonyl (C=O) groups is 2. The van der Waals surface area contributed by atoms with E-state index in [4.69, 9.17) is 4.74 Å². The van der Waals surface area contributed by atoms with Crippen molar-refractivity contribution in [3.05, 3.63) is 42.5 Å². The van der Waals surface area contributed by atoms with Gasteiger partial charge in [-0.2, -0.15) is 0 Å². The predicted octanol–water partition coefficient (Wildman–Crippen LogP) is 3.02. The van der Waals surface area contributed by atoms with Crippen molar-refractivity contribution < 1.29 is 22.7 Å². The number of ether oxygens (including phenoxy) is 1. The molecule has 0 aliphatic carbocycles. The van der Waals surface area contributed by atoms with Gasteiger partial charge >= 0.3 is 0 Å². The van der Waals surface area contributed by atoms with E-state index in [0.717, 1.165) is 17.5 Å². The zero-order valence-corrected chi connectivity index (χ0v) is 18.7. The Hall–Kier alpha value is -2.71. The second-order valence-electron chi connectivity index (χ2n) is 8.19. The third-order valence-electron chi connectivity index (χ3n) is 5.84. The molecule has 0 N–H and O–H groups in total. The van der Waals surface area contributed by atoms with Crippen LogP contribution in [0.5, 0.6) is 0 Å². The first-order valence-corrected chi connectivity index (χ1v) is 12.2. The molecule has 2 amide bonds. The number of fused-ring (bicyclic) bond motifs is 1. The maximum Gasteiger partial charge on any atom is 0.256 e. The molecule has 2 atom stereocenters. The molecular weight excluding hydrogens is 416 g/mol. The molecule has 31 heavy (non-hydrogen) atoms. The number of benzene rings is 2. The van der Waals surface area contributed by atoms with Crippen molar-refractivity contribution in [2.45, 2.75) is 43.7 Å². The van der Waals surface area contributed by atoms with Crippen molar-refractivity contribution >= 4 is 33.0 Å². The fourth-order valence-corrected chi connectivity index (χ4v) is 4.96. The molecule has 0 aromatic heterocycles. The molecule has 2 aliphatic rings. The molecule has 2 heterocycles. The zero-order chi connectivity index (χ0) is 22.3. The van der Waals surface area contributed by atoms with Gasteiger partial charge in [0.05, 0.1) is 22.3 Å². The largest absolute Gasteiger partial charge is 0.368 e. The highest BCUT2D eigenvalue weighted by atomic mass is 32.2. The Balaban J connectivity index is 1.77. The second kappa shape index (κ2) is 8.09. The molecule has 0 spiro atoms. The van der Waals surface area contributed by atoms with E-state index in [-0.39, 0.29) is 22.8 Å². The molecule has 0 saturated carbocycles. The Morgan fingerprint density at radius 3 is 2.29 bits per heavy atom. The lowest BCUT2D eigenvalue weighted by Crippen LogP contribution is -2.53. The number of sulfone groups is 1. The summed E-state index contributed by atoms with van der Waals surface area (Å²) in [6.45, 7) is 4.42. The van der Waals surface area contributed by atoms with Crippen LogP contribution in [0, 0.1) is 0 Å². The normalized spacial score (nSPS) is 21.1. The van der Waals surface area contributed by atoms with E-state index >= 15 is 0 Å². The van der Waals surface area contributed by atoms with E-state index < -0.39 is 15.9 Å². The van der Waals surface area contributed by atoms with E-state index in [2.05, 4.69) is 0 Å². The lowest BCUT2D eigenvalue weighted by atomic mass is 10.00. The summed E-state index contributed by atoms with van der Waals surface area (Å²) in [7, 11) is -3.28. The average molecular weight is 443 g/mol. The van der Waals surface area contributed by atoms with Gasteiger partial charge in [-0.05, 0) is 55.2 Å². The molecule has 1 saturated heterocycles. The van der Waals surface area contributed by atoms with Gasteiger partial charge in [-0.3, -0.25) is 9.59 Å². The van der Waals surface area contributed by atoms with Crippen molar-refractivity contribution in [1.82, 2.24) is 0 Å². The quantitative estimate of drug-likeness (QED) is 0.730.